The van der Waals surface area contributed by atoms with E-state index in [1.807, 2.05) is 6.92 Å². The maximum Gasteiger partial charge on any atom is 0.239 e. The Kier molecular flexibility index (Phi) is 4.23. The van der Waals surface area contributed by atoms with E-state index in [-0.39, 0.29) is 17.8 Å². The number of anilines is 2. The molecule has 0 aromatic carbocycles. The van der Waals surface area contributed by atoms with Gasteiger partial charge in [0, 0.05) is 6.04 Å². The van der Waals surface area contributed by atoms with E-state index in [4.69, 9.17) is 5.84 Å². The highest BCUT2D eigenvalue weighted by molar-refractivity contribution is 5.41. The van der Waals surface area contributed by atoms with Gasteiger partial charge in [-0.2, -0.15) is 4.98 Å². The van der Waals surface area contributed by atoms with Crippen molar-refractivity contribution in [2.45, 2.75) is 32.7 Å². The minimum atomic E-state index is -0.475. The first kappa shape index (κ1) is 11.6. The molecule has 1 aromatic heterocycles. The van der Waals surface area contributed by atoms with Crippen LogP contribution in [-0.2, 0) is 0 Å². The van der Waals surface area contributed by atoms with Crippen LogP contribution in [0.3, 0.4) is 0 Å². The summed E-state index contributed by atoms with van der Waals surface area (Å²) in [6.07, 6.45) is 3.07. The molecule has 0 fully saturated rings. The van der Waals surface area contributed by atoms with Gasteiger partial charge in [-0.1, -0.05) is 13.3 Å². The lowest BCUT2D eigenvalue weighted by atomic mass is 10.2. The predicted octanol–water partition coefficient (Wildman–Crippen LogP) is 1.50. The molecule has 5 nitrogen and oxygen atoms in total. The van der Waals surface area contributed by atoms with Gasteiger partial charge in [0.25, 0.3) is 0 Å². The van der Waals surface area contributed by atoms with Crippen LogP contribution in [0.4, 0.5) is 16.2 Å². The number of nitrogen functional groups attached to an aromatic ring is 1. The largest absolute Gasteiger partial charge is 0.365 e. The highest BCUT2D eigenvalue weighted by Gasteiger charge is 2.08. The average Bonchev–Trinajstić information content (AvgIpc) is 2.21. The maximum atomic E-state index is 13.3. The molecule has 1 unspecified atom stereocenters. The molecule has 0 aliphatic carbocycles. The summed E-state index contributed by atoms with van der Waals surface area (Å²) in [5, 5.41) is 2.96. The molecule has 84 valence electrons. The van der Waals surface area contributed by atoms with Crippen molar-refractivity contribution in [2.75, 3.05) is 10.7 Å². The topological polar surface area (TPSA) is 75.9 Å². The third kappa shape index (κ3) is 3.32. The molecular formula is C9H16FN5. The monoisotopic (exact) mass is 213 g/mol. The Hall–Kier alpha value is -1.43. The number of hydrogen-bond donors (Lipinski definition) is 3. The van der Waals surface area contributed by atoms with Gasteiger partial charge in [0.15, 0.2) is 11.6 Å². The number of nitrogens with zero attached hydrogens (tertiary/aromatic N) is 2. The van der Waals surface area contributed by atoms with E-state index in [2.05, 4.69) is 27.6 Å². The van der Waals surface area contributed by atoms with E-state index < -0.39 is 5.82 Å². The molecule has 0 saturated heterocycles. The van der Waals surface area contributed by atoms with E-state index in [0.29, 0.717) is 0 Å². The van der Waals surface area contributed by atoms with E-state index in [1.54, 1.807) is 0 Å². The molecule has 0 radical (unpaired) electrons. The fourth-order valence-electron chi connectivity index (χ4n) is 1.28. The van der Waals surface area contributed by atoms with Gasteiger partial charge in [-0.05, 0) is 13.3 Å². The van der Waals surface area contributed by atoms with Crippen molar-refractivity contribution in [1.29, 1.82) is 0 Å². The van der Waals surface area contributed by atoms with Crippen LogP contribution in [0.2, 0.25) is 0 Å². The van der Waals surface area contributed by atoms with Gasteiger partial charge in [0.1, 0.15) is 0 Å². The van der Waals surface area contributed by atoms with Crippen molar-refractivity contribution < 1.29 is 4.39 Å². The molecule has 0 aliphatic rings. The lowest BCUT2D eigenvalue weighted by molar-refractivity contribution is 0.607. The quantitative estimate of drug-likeness (QED) is 0.510. The fraction of sp³-hybridized carbons (Fsp3) is 0.556. The van der Waals surface area contributed by atoms with Crippen LogP contribution in [0.5, 0.6) is 0 Å². The molecule has 0 aliphatic heterocycles. The van der Waals surface area contributed by atoms with Gasteiger partial charge < -0.3 is 5.32 Å². The Labute approximate surface area is 88.3 Å². The van der Waals surface area contributed by atoms with Crippen molar-refractivity contribution in [3.8, 4) is 0 Å². The van der Waals surface area contributed by atoms with Crippen molar-refractivity contribution in [3.63, 3.8) is 0 Å². The molecule has 0 bridgehead atoms. The Morgan fingerprint density at radius 2 is 2.33 bits per heavy atom. The molecule has 15 heavy (non-hydrogen) atoms. The van der Waals surface area contributed by atoms with Crippen LogP contribution in [-0.4, -0.2) is 16.0 Å². The first-order valence-electron chi connectivity index (χ1n) is 4.93. The summed E-state index contributed by atoms with van der Waals surface area (Å²) in [6.45, 7) is 4.04. The van der Waals surface area contributed by atoms with E-state index in [1.165, 1.54) is 0 Å². The van der Waals surface area contributed by atoms with Crippen molar-refractivity contribution >= 4 is 11.8 Å². The first-order valence-corrected chi connectivity index (χ1v) is 4.93. The first-order chi connectivity index (χ1) is 7.17. The van der Waals surface area contributed by atoms with Crippen LogP contribution in [0.25, 0.3) is 0 Å². The van der Waals surface area contributed by atoms with Gasteiger partial charge in [-0.3, -0.25) is 5.43 Å². The van der Waals surface area contributed by atoms with Crippen molar-refractivity contribution in [3.05, 3.63) is 12.0 Å². The number of nitrogens with one attached hydrogen (secondary N) is 2. The van der Waals surface area contributed by atoms with E-state index >= 15 is 0 Å². The molecule has 6 heteroatoms. The molecule has 1 heterocycles. The van der Waals surface area contributed by atoms with Gasteiger partial charge in [0.2, 0.25) is 5.95 Å². The minimum Gasteiger partial charge on any atom is -0.365 e. The number of aromatic nitrogens is 2. The zero-order chi connectivity index (χ0) is 11.3. The second-order valence-corrected chi connectivity index (χ2v) is 3.37. The summed E-state index contributed by atoms with van der Waals surface area (Å²) in [7, 11) is 0. The fourth-order valence-corrected chi connectivity index (χ4v) is 1.28. The molecule has 1 rings (SSSR count). The van der Waals surface area contributed by atoms with Gasteiger partial charge in [-0.25, -0.2) is 15.2 Å². The van der Waals surface area contributed by atoms with Crippen LogP contribution < -0.4 is 16.6 Å². The van der Waals surface area contributed by atoms with E-state index in [9.17, 15) is 4.39 Å². The smallest absolute Gasteiger partial charge is 0.239 e. The molecule has 0 saturated carbocycles. The lowest BCUT2D eigenvalue weighted by Gasteiger charge is -2.14. The number of hydrazine groups is 1. The third-order valence-electron chi connectivity index (χ3n) is 1.98. The Balaban J connectivity index is 2.74. The van der Waals surface area contributed by atoms with Crippen LogP contribution in [0, 0.1) is 5.82 Å². The highest BCUT2D eigenvalue weighted by atomic mass is 19.1. The molecule has 1 atom stereocenters. The summed E-state index contributed by atoms with van der Waals surface area (Å²) in [6, 6.07) is 0.171. The summed E-state index contributed by atoms with van der Waals surface area (Å²) in [5.74, 6) is 5.03. The molecule has 0 spiro atoms. The van der Waals surface area contributed by atoms with Gasteiger partial charge >= 0.3 is 0 Å². The van der Waals surface area contributed by atoms with Gasteiger partial charge in [0.05, 0.1) is 6.20 Å². The summed E-state index contributed by atoms with van der Waals surface area (Å²) in [4.78, 5) is 7.53. The van der Waals surface area contributed by atoms with Crippen LogP contribution in [0.15, 0.2) is 6.20 Å². The number of halogens is 1. The number of rotatable bonds is 5. The van der Waals surface area contributed by atoms with Crippen molar-refractivity contribution in [2.24, 2.45) is 5.84 Å². The SMILES string of the molecule is CCCC(C)Nc1nc(NN)ncc1F. The Morgan fingerprint density at radius 1 is 1.60 bits per heavy atom. The Morgan fingerprint density at radius 3 is 2.93 bits per heavy atom. The normalized spacial score (nSPS) is 12.3. The minimum absolute atomic E-state index is 0.171. The third-order valence-corrected chi connectivity index (χ3v) is 1.98. The second kappa shape index (κ2) is 5.45. The van der Waals surface area contributed by atoms with Gasteiger partial charge in [-0.15, -0.1) is 0 Å². The number of nitrogens with two attached hydrogens (primary N) is 1. The van der Waals surface area contributed by atoms with Crippen LogP contribution >= 0.6 is 0 Å². The summed E-state index contributed by atoms with van der Waals surface area (Å²) < 4.78 is 13.3. The maximum absolute atomic E-state index is 13.3. The highest BCUT2D eigenvalue weighted by Crippen LogP contribution is 2.13. The predicted molar refractivity (Wildman–Crippen MR) is 57.8 cm³/mol. The van der Waals surface area contributed by atoms with E-state index in [0.717, 1.165) is 19.0 Å². The van der Waals surface area contributed by atoms with Crippen LogP contribution in [0.1, 0.15) is 26.7 Å². The number of hydrogen-bond acceptors (Lipinski definition) is 5. The molecule has 1 aromatic rings. The molecule has 4 N–H and O–H groups in total. The second-order valence-electron chi connectivity index (χ2n) is 3.37. The summed E-state index contributed by atoms with van der Waals surface area (Å²) in [5.41, 5.74) is 2.27. The zero-order valence-electron chi connectivity index (χ0n) is 8.92. The lowest BCUT2D eigenvalue weighted by Crippen LogP contribution is -2.18. The zero-order valence-corrected chi connectivity index (χ0v) is 8.92. The molecular weight excluding hydrogens is 197 g/mol. The Bertz CT molecular complexity index is 317. The van der Waals surface area contributed by atoms with Crippen molar-refractivity contribution in [1.82, 2.24) is 9.97 Å². The molecule has 0 amide bonds. The average molecular weight is 213 g/mol. The summed E-state index contributed by atoms with van der Waals surface area (Å²) >= 11 is 0. The standard InChI is InChI=1S/C9H16FN5/c1-3-4-6(2)13-8-7(10)5-12-9(14-8)15-11/h5-6H,3-4,11H2,1-2H3,(H2,12,13,14,15).